The van der Waals surface area contributed by atoms with Crippen molar-refractivity contribution in [3.63, 3.8) is 0 Å². The number of anilines is 2. The van der Waals surface area contributed by atoms with Crippen LogP contribution in [0.1, 0.15) is 29.3 Å². The van der Waals surface area contributed by atoms with Crippen LogP contribution in [0.4, 0.5) is 11.5 Å². The zero-order chi connectivity index (χ0) is 13.8. The summed E-state index contributed by atoms with van der Waals surface area (Å²) >= 11 is 1.51. The van der Waals surface area contributed by atoms with E-state index >= 15 is 0 Å². The highest BCUT2D eigenvalue weighted by atomic mass is 35.5. The third kappa shape index (κ3) is 5.87. The van der Waals surface area contributed by atoms with Crippen LogP contribution in [0.2, 0.25) is 0 Å². The molecule has 0 aliphatic carbocycles. The predicted molar refractivity (Wildman–Crippen MR) is 91.8 cm³/mol. The van der Waals surface area contributed by atoms with E-state index in [1.807, 2.05) is 0 Å². The SMILES string of the molecule is CC(C)Cc1nc(C(=O)Nc2ccc(N)nc2)cs1.Cl.Cl. The number of nitrogens with two attached hydrogens (primary N) is 1. The van der Waals surface area contributed by atoms with Gasteiger partial charge in [-0.1, -0.05) is 13.8 Å². The lowest BCUT2D eigenvalue weighted by Crippen LogP contribution is -2.12. The van der Waals surface area contributed by atoms with Gasteiger partial charge in [-0.3, -0.25) is 4.79 Å². The Morgan fingerprint density at radius 2 is 2.10 bits per heavy atom. The van der Waals surface area contributed by atoms with Gasteiger partial charge in [0.25, 0.3) is 5.91 Å². The number of amides is 1. The Labute approximate surface area is 140 Å². The summed E-state index contributed by atoms with van der Waals surface area (Å²) in [6, 6.07) is 3.35. The Morgan fingerprint density at radius 3 is 2.67 bits per heavy atom. The lowest BCUT2D eigenvalue weighted by Gasteiger charge is -2.02. The minimum absolute atomic E-state index is 0. The second kappa shape index (κ2) is 8.81. The maximum absolute atomic E-state index is 12.0. The molecule has 0 aromatic carbocycles. The quantitative estimate of drug-likeness (QED) is 0.886. The number of hydrogen-bond donors (Lipinski definition) is 2. The molecule has 5 nitrogen and oxygen atoms in total. The predicted octanol–water partition coefficient (Wildman–Crippen LogP) is 3.41. The molecule has 2 aromatic heterocycles. The normalized spacial score (nSPS) is 9.67. The molecule has 116 valence electrons. The molecule has 21 heavy (non-hydrogen) atoms. The Kier molecular flexibility index (Phi) is 8.24. The molecular formula is C13H18Cl2N4OS. The minimum Gasteiger partial charge on any atom is -0.384 e. The van der Waals surface area contributed by atoms with Gasteiger partial charge < -0.3 is 11.1 Å². The maximum Gasteiger partial charge on any atom is 0.275 e. The number of pyridine rings is 1. The van der Waals surface area contributed by atoms with Crippen molar-refractivity contribution >= 4 is 53.6 Å². The standard InChI is InChI=1S/C13H16N4OS.2ClH/c1-8(2)5-12-17-10(7-19-12)13(18)16-9-3-4-11(14)15-6-9;;/h3-4,6-8H,5H2,1-2H3,(H2,14,15)(H,16,18);2*1H. The van der Waals surface area contributed by atoms with Crippen molar-refractivity contribution < 1.29 is 4.79 Å². The lowest BCUT2D eigenvalue weighted by atomic mass is 10.1. The van der Waals surface area contributed by atoms with Gasteiger partial charge in [-0.25, -0.2) is 9.97 Å². The van der Waals surface area contributed by atoms with Crippen LogP contribution in [0.3, 0.4) is 0 Å². The van der Waals surface area contributed by atoms with E-state index < -0.39 is 0 Å². The molecule has 2 aromatic rings. The molecule has 0 saturated carbocycles. The first-order chi connectivity index (χ1) is 9.04. The number of thiazole rings is 1. The highest BCUT2D eigenvalue weighted by Gasteiger charge is 2.11. The Bertz CT molecular complexity index is 572. The van der Waals surface area contributed by atoms with Crippen LogP contribution in [0.5, 0.6) is 0 Å². The van der Waals surface area contributed by atoms with E-state index in [1.54, 1.807) is 17.5 Å². The molecule has 0 aliphatic rings. The van der Waals surface area contributed by atoms with Crippen molar-refractivity contribution in [3.05, 3.63) is 34.4 Å². The molecule has 2 rings (SSSR count). The number of nitrogen functional groups attached to an aromatic ring is 1. The van der Waals surface area contributed by atoms with E-state index in [9.17, 15) is 4.79 Å². The summed E-state index contributed by atoms with van der Waals surface area (Å²) in [5.74, 6) is 0.729. The second-order valence-electron chi connectivity index (χ2n) is 4.65. The fourth-order valence-corrected chi connectivity index (χ4v) is 2.52. The van der Waals surface area contributed by atoms with Crippen LogP contribution in [0.25, 0.3) is 0 Å². The van der Waals surface area contributed by atoms with Gasteiger partial charge in [0.15, 0.2) is 0 Å². The molecule has 0 unspecified atom stereocenters. The van der Waals surface area contributed by atoms with Crippen LogP contribution in [-0.2, 0) is 6.42 Å². The summed E-state index contributed by atoms with van der Waals surface area (Å²) in [6.45, 7) is 4.25. The topological polar surface area (TPSA) is 80.9 Å². The molecule has 3 N–H and O–H groups in total. The fourth-order valence-electron chi connectivity index (χ4n) is 1.53. The fraction of sp³-hybridized carbons (Fsp3) is 0.308. The molecule has 0 radical (unpaired) electrons. The van der Waals surface area contributed by atoms with Crippen LogP contribution >= 0.6 is 36.2 Å². The number of halogens is 2. The van der Waals surface area contributed by atoms with Gasteiger partial charge in [-0.2, -0.15) is 0 Å². The minimum atomic E-state index is -0.224. The Balaban J connectivity index is 0.00000200. The first-order valence-electron chi connectivity index (χ1n) is 6.02. The van der Waals surface area contributed by atoms with E-state index in [4.69, 9.17) is 5.73 Å². The molecular weight excluding hydrogens is 331 g/mol. The summed E-state index contributed by atoms with van der Waals surface area (Å²) in [7, 11) is 0. The first-order valence-corrected chi connectivity index (χ1v) is 6.90. The van der Waals surface area contributed by atoms with Crippen molar-refractivity contribution in [2.75, 3.05) is 11.1 Å². The van der Waals surface area contributed by atoms with E-state index in [0.717, 1.165) is 11.4 Å². The van der Waals surface area contributed by atoms with E-state index in [0.29, 0.717) is 23.1 Å². The summed E-state index contributed by atoms with van der Waals surface area (Å²) in [5.41, 5.74) is 6.53. The largest absolute Gasteiger partial charge is 0.384 e. The monoisotopic (exact) mass is 348 g/mol. The van der Waals surface area contributed by atoms with Crippen LogP contribution < -0.4 is 11.1 Å². The third-order valence-corrected chi connectivity index (χ3v) is 3.28. The molecule has 0 saturated heterocycles. The molecule has 0 aliphatic heterocycles. The van der Waals surface area contributed by atoms with Crippen LogP contribution in [0, 0.1) is 5.92 Å². The van der Waals surface area contributed by atoms with Crippen molar-refractivity contribution in [2.45, 2.75) is 20.3 Å². The van der Waals surface area contributed by atoms with E-state index in [-0.39, 0.29) is 30.7 Å². The van der Waals surface area contributed by atoms with Crippen molar-refractivity contribution in [1.82, 2.24) is 9.97 Å². The molecule has 8 heteroatoms. The Hall–Kier alpha value is -1.37. The molecule has 0 spiro atoms. The van der Waals surface area contributed by atoms with E-state index in [1.165, 1.54) is 17.5 Å². The van der Waals surface area contributed by atoms with E-state index in [2.05, 4.69) is 29.1 Å². The molecule has 1 amide bonds. The van der Waals surface area contributed by atoms with Crippen molar-refractivity contribution in [2.24, 2.45) is 5.92 Å². The van der Waals surface area contributed by atoms with Gasteiger partial charge >= 0.3 is 0 Å². The summed E-state index contributed by atoms with van der Waals surface area (Å²) in [6.07, 6.45) is 2.41. The summed E-state index contributed by atoms with van der Waals surface area (Å²) < 4.78 is 0. The average Bonchev–Trinajstić information content (AvgIpc) is 2.80. The number of rotatable bonds is 4. The average molecular weight is 349 g/mol. The molecule has 0 bridgehead atoms. The van der Waals surface area contributed by atoms with Gasteiger partial charge in [0.05, 0.1) is 16.9 Å². The maximum atomic E-state index is 12.0. The van der Waals surface area contributed by atoms with Crippen molar-refractivity contribution in [3.8, 4) is 0 Å². The van der Waals surface area contributed by atoms with Gasteiger partial charge in [0, 0.05) is 11.8 Å². The number of carbonyl (C=O) groups excluding carboxylic acids is 1. The lowest BCUT2D eigenvalue weighted by molar-refractivity contribution is 0.102. The zero-order valence-electron chi connectivity index (χ0n) is 11.7. The molecule has 0 atom stereocenters. The van der Waals surface area contributed by atoms with Gasteiger partial charge in [0.1, 0.15) is 11.5 Å². The Morgan fingerprint density at radius 1 is 1.38 bits per heavy atom. The summed E-state index contributed by atoms with van der Waals surface area (Å²) in [5, 5.41) is 5.50. The second-order valence-corrected chi connectivity index (χ2v) is 5.59. The third-order valence-electron chi connectivity index (χ3n) is 2.41. The number of carbonyl (C=O) groups is 1. The van der Waals surface area contributed by atoms with Gasteiger partial charge in [0.2, 0.25) is 0 Å². The highest BCUT2D eigenvalue weighted by Crippen LogP contribution is 2.16. The van der Waals surface area contributed by atoms with Gasteiger partial charge in [-0.05, 0) is 18.1 Å². The molecule has 0 fully saturated rings. The first kappa shape index (κ1) is 19.6. The number of nitrogens with one attached hydrogen (secondary N) is 1. The zero-order valence-corrected chi connectivity index (χ0v) is 14.1. The van der Waals surface area contributed by atoms with Gasteiger partial charge in [-0.15, -0.1) is 36.2 Å². The number of hydrogen-bond acceptors (Lipinski definition) is 5. The molecule has 2 heterocycles. The number of aromatic nitrogens is 2. The summed E-state index contributed by atoms with van der Waals surface area (Å²) in [4.78, 5) is 20.2. The smallest absolute Gasteiger partial charge is 0.275 e. The van der Waals surface area contributed by atoms with Crippen LogP contribution in [0.15, 0.2) is 23.7 Å². The highest BCUT2D eigenvalue weighted by molar-refractivity contribution is 7.09. The van der Waals surface area contributed by atoms with Crippen LogP contribution in [-0.4, -0.2) is 15.9 Å². The number of nitrogens with zero attached hydrogens (tertiary/aromatic N) is 2. The van der Waals surface area contributed by atoms with Crippen molar-refractivity contribution in [1.29, 1.82) is 0 Å².